The molecule has 0 aliphatic carbocycles. The number of aliphatic carboxylic acids is 1. The van der Waals surface area contributed by atoms with E-state index in [0.29, 0.717) is 16.2 Å². The molecule has 1 aromatic heterocycles. The Hall–Kier alpha value is -2.68. The maximum Gasteiger partial charge on any atom is 0.322 e. The van der Waals surface area contributed by atoms with Crippen LogP contribution < -0.4 is 16.4 Å². The Morgan fingerprint density at radius 1 is 1.24 bits per heavy atom. The largest absolute Gasteiger partial charge is 0.480 e. The second-order valence-corrected chi connectivity index (χ2v) is 5.15. The highest BCUT2D eigenvalue weighted by atomic mass is 32.1. The number of hydrogen-bond donors (Lipinski definition) is 4. The number of aromatic nitrogens is 1. The third-order valence-corrected chi connectivity index (χ3v) is 3.36. The van der Waals surface area contributed by atoms with E-state index < -0.39 is 24.3 Å². The van der Waals surface area contributed by atoms with Gasteiger partial charge in [-0.15, -0.1) is 0 Å². The summed E-state index contributed by atoms with van der Waals surface area (Å²) >= 11 is 1.26. The van der Waals surface area contributed by atoms with E-state index in [2.05, 4.69) is 15.6 Å². The van der Waals surface area contributed by atoms with E-state index in [1.165, 1.54) is 11.3 Å². The first-order valence-electron chi connectivity index (χ1n) is 5.88. The quantitative estimate of drug-likeness (QED) is 0.604. The normalized spacial score (nSPS) is 10.3. The second-order valence-electron chi connectivity index (χ2n) is 4.09. The van der Waals surface area contributed by atoms with Crippen molar-refractivity contribution in [1.82, 2.24) is 15.6 Å². The number of nitrogen functional groups attached to an aromatic ring is 1. The molecule has 9 heteroatoms. The summed E-state index contributed by atoms with van der Waals surface area (Å²) in [6.45, 7) is -0.782. The number of rotatable bonds is 5. The lowest BCUT2D eigenvalue weighted by atomic mass is 10.2. The Kier molecular flexibility index (Phi) is 4.33. The van der Waals surface area contributed by atoms with Crippen molar-refractivity contribution in [2.75, 3.05) is 18.8 Å². The van der Waals surface area contributed by atoms with Gasteiger partial charge in [0.15, 0.2) is 5.13 Å². The van der Waals surface area contributed by atoms with Gasteiger partial charge in [0.25, 0.3) is 5.91 Å². The number of fused-ring (bicyclic) bond motifs is 1. The van der Waals surface area contributed by atoms with Crippen LogP contribution >= 0.6 is 11.3 Å². The van der Waals surface area contributed by atoms with Crippen LogP contribution in [0, 0.1) is 0 Å². The van der Waals surface area contributed by atoms with Crippen LogP contribution in [0.3, 0.4) is 0 Å². The van der Waals surface area contributed by atoms with Gasteiger partial charge < -0.3 is 21.5 Å². The van der Waals surface area contributed by atoms with Crippen molar-refractivity contribution in [2.45, 2.75) is 0 Å². The second kappa shape index (κ2) is 6.18. The molecule has 1 heterocycles. The Bertz CT molecular complexity index is 712. The van der Waals surface area contributed by atoms with E-state index in [9.17, 15) is 14.4 Å². The smallest absolute Gasteiger partial charge is 0.322 e. The molecule has 5 N–H and O–H groups in total. The topological polar surface area (TPSA) is 134 Å². The predicted molar refractivity (Wildman–Crippen MR) is 77.0 cm³/mol. The lowest BCUT2D eigenvalue weighted by Crippen LogP contribution is -2.38. The number of thiazole rings is 1. The summed E-state index contributed by atoms with van der Waals surface area (Å²) in [5, 5.41) is 13.4. The molecule has 0 aliphatic heterocycles. The van der Waals surface area contributed by atoms with Crippen molar-refractivity contribution in [3.63, 3.8) is 0 Å². The van der Waals surface area contributed by atoms with Gasteiger partial charge in [0.05, 0.1) is 16.8 Å². The molecule has 0 spiro atoms. The van der Waals surface area contributed by atoms with Crippen LogP contribution in [-0.4, -0.2) is 41.0 Å². The maximum atomic E-state index is 11.9. The fraction of sp³-hybridized carbons (Fsp3) is 0.167. The first-order valence-corrected chi connectivity index (χ1v) is 6.70. The maximum absolute atomic E-state index is 11.9. The molecule has 0 saturated carbocycles. The predicted octanol–water partition coefficient (Wildman–Crippen LogP) is -0.191. The number of amides is 2. The number of carboxylic acids is 1. The lowest BCUT2D eigenvalue weighted by Gasteiger charge is -2.05. The van der Waals surface area contributed by atoms with Crippen molar-refractivity contribution in [1.29, 1.82) is 0 Å². The fourth-order valence-corrected chi connectivity index (χ4v) is 2.36. The van der Waals surface area contributed by atoms with Crippen LogP contribution in [0.1, 0.15) is 10.4 Å². The number of nitrogens with zero attached hydrogens (tertiary/aromatic N) is 1. The van der Waals surface area contributed by atoms with E-state index in [4.69, 9.17) is 10.8 Å². The Balaban J connectivity index is 1.95. The van der Waals surface area contributed by atoms with Crippen LogP contribution in [0.25, 0.3) is 10.2 Å². The van der Waals surface area contributed by atoms with Crippen LogP contribution in [0.4, 0.5) is 5.13 Å². The Labute approximate surface area is 123 Å². The zero-order chi connectivity index (χ0) is 15.4. The van der Waals surface area contributed by atoms with Gasteiger partial charge in [-0.25, -0.2) is 4.98 Å². The minimum Gasteiger partial charge on any atom is -0.480 e. The molecule has 0 fully saturated rings. The van der Waals surface area contributed by atoms with E-state index in [0.717, 1.165) is 4.70 Å². The number of benzene rings is 1. The number of carbonyl (C=O) groups excluding carboxylic acids is 2. The van der Waals surface area contributed by atoms with Crippen LogP contribution in [0.5, 0.6) is 0 Å². The van der Waals surface area contributed by atoms with Gasteiger partial charge in [0.1, 0.15) is 6.54 Å². The molecular formula is C12H12N4O4S. The molecule has 0 aliphatic rings. The third kappa shape index (κ3) is 3.89. The highest BCUT2D eigenvalue weighted by molar-refractivity contribution is 7.22. The van der Waals surface area contributed by atoms with Crippen molar-refractivity contribution in [2.24, 2.45) is 0 Å². The van der Waals surface area contributed by atoms with Gasteiger partial charge >= 0.3 is 5.97 Å². The fourth-order valence-electron chi connectivity index (χ4n) is 1.58. The van der Waals surface area contributed by atoms with Crippen LogP contribution in [0.2, 0.25) is 0 Å². The molecule has 2 rings (SSSR count). The van der Waals surface area contributed by atoms with Crippen molar-refractivity contribution in [3.8, 4) is 0 Å². The molecule has 2 aromatic rings. The molecule has 0 radical (unpaired) electrons. The standard InChI is InChI=1S/C12H12N4O4S/c13-12-16-7-2-1-6(3-8(7)21-12)11(20)15-4-9(17)14-5-10(18)19/h1-3H,4-5H2,(H2,13,16)(H,14,17)(H,15,20)(H,18,19). The minimum absolute atomic E-state index is 0.297. The van der Waals surface area contributed by atoms with Crippen molar-refractivity contribution < 1.29 is 19.5 Å². The molecule has 110 valence electrons. The summed E-state index contributed by atoms with van der Waals surface area (Å²) in [5.74, 6) is -2.16. The highest BCUT2D eigenvalue weighted by Crippen LogP contribution is 2.24. The van der Waals surface area contributed by atoms with E-state index >= 15 is 0 Å². The number of nitrogens with one attached hydrogen (secondary N) is 2. The van der Waals surface area contributed by atoms with E-state index in [1.54, 1.807) is 18.2 Å². The summed E-state index contributed by atoms with van der Waals surface area (Å²) in [5.41, 5.74) is 6.65. The molecule has 2 amide bonds. The average Bonchev–Trinajstić information content (AvgIpc) is 2.81. The number of carboxylic acid groups (broad SMARTS) is 1. The number of carbonyl (C=O) groups is 3. The summed E-state index contributed by atoms with van der Waals surface area (Å²) < 4.78 is 0.774. The van der Waals surface area contributed by atoms with Gasteiger partial charge in [-0.2, -0.15) is 0 Å². The van der Waals surface area contributed by atoms with Crippen molar-refractivity contribution >= 4 is 44.5 Å². The zero-order valence-corrected chi connectivity index (χ0v) is 11.6. The zero-order valence-electron chi connectivity index (χ0n) is 10.8. The van der Waals surface area contributed by atoms with E-state index in [1.807, 2.05) is 0 Å². The van der Waals surface area contributed by atoms with Gasteiger partial charge in [-0.3, -0.25) is 14.4 Å². The monoisotopic (exact) mass is 308 g/mol. The van der Waals surface area contributed by atoms with E-state index in [-0.39, 0.29) is 6.54 Å². The van der Waals surface area contributed by atoms with Gasteiger partial charge in [-0.1, -0.05) is 11.3 Å². The molecular weight excluding hydrogens is 296 g/mol. The first kappa shape index (κ1) is 14.7. The third-order valence-electron chi connectivity index (χ3n) is 2.51. The Morgan fingerprint density at radius 3 is 2.71 bits per heavy atom. The minimum atomic E-state index is -1.15. The van der Waals surface area contributed by atoms with Crippen LogP contribution in [0.15, 0.2) is 18.2 Å². The molecule has 0 saturated heterocycles. The molecule has 0 unspecified atom stereocenters. The molecule has 8 nitrogen and oxygen atoms in total. The summed E-state index contributed by atoms with van der Waals surface area (Å²) in [4.78, 5) is 37.5. The SMILES string of the molecule is Nc1nc2ccc(C(=O)NCC(=O)NCC(=O)O)cc2s1. The first-order chi connectivity index (χ1) is 9.95. The Morgan fingerprint density at radius 2 is 2.00 bits per heavy atom. The van der Waals surface area contributed by atoms with Gasteiger partial charge in [-0.05, 0) is 18.2 Å². The number of hydrogen-bond acceptors (Lipinski definition) is 6. The molecule has 0 atom stereocenters. The molecule has 1 aromatic carbocycles. The highest BCUT2D eigenvalue weighted by Gasteiger charge is 2.10. The molecule has 0 bridgehead atoms. The number of anilines is 1. The van der Waals surface area contributed by atoms with Gasteiger partial charge in [0, 0.05) is 5.56 Å². The van der Waals surface area contributed by atoms with Gasteiger partial charge in [0.2, 0.25) is 5.91 Å². The summed E-state index contributed by atoms with van der Waals surface area (Å²) in [6, 6.07) is 4.88. The average molecular weight is 308 g/mol. The molecule has 21 heavy (non-hydrogen) atoms. The van der Waals surface area contributed by atoms with Crippen LogP contribution in [-0.2, 0) is 9.59 Å². The summed E-state index contributed by atoms with van der Waals surface area (Å²) in [6.07, 6.45) is 0. The summed E-state index contributed by atoms with van der Waals surface area (Å²) in [7, 11) is 0. The number of nitrogens with two attached hydrogens (primary N) is 1. The lowest BCUT2D eigenvalue weighted by molar-refractivity contribution is -0.137. The van der Waals surface area contributed by atoms with Crippen molar-refractivity contribution in [3.05, 3.63) is 23.8 Å².